The lowest BCUT2D eigenvalue weighted by Crippen LogP contribution is -2.73. The fourth-order valence-corrected chi connectivity index (χ4v) is 14.9. The van der Waals surface area contributed by atoms with Gasteiger partial charge in [-0.05, 0) is 181 Å². The second kappa shape index (κ2) is 11.7. The molecule has 6 atom stereocenters. The second-order valence-corrected chi connectivity index (χ2v) is 20.8. The van der Waals surface area contributed by atoms with Crippen molar-refractivity contribution in [3.05, 3.63) is 174 Å². The van der Waals surface area contributed by atoms with Crippen molar-refractivity contribution in [3.63, 3.8) is 0 Å². The molecule has 2 spiro atoms. The van der Waals surface area contributed by atoms with Gasteiger partial charge in [-0.25, -0.2) is 0 Å². The third-order valence-corrected chi connectivity index (χ3v) is 17.4. The summed E-state index contributed by atoms with van der Waals surface area (Å²) in [5, 5.41) is 2.57. The molecular weight excluding hydrogens is 711 g/mol. The van der Waals surface area contributed by atoms with E-state index in [-0.39, 0.29) is 16.2 Å². The van der Waals surface area contributed by atoms with Crippen LogP contribution >= 0.6 is 0 Å². The monoisotopic (exact) mass is 763 g/mol. The average Bonchev–Trinajstić information content (AvgIpc) is 3.90. The summed E-state index contributed by atoms with van der Waals surface area (Å²) in [5.74, 6) is 3.61. The van der Waals surface area contributed by atoms with Crippen molar-refractivity contribution in [1.82, 2.24) is 0 Å². The lowest BCUT2D eigenvalue weighted by Gasteiger charge is -2.76. The first kappa shape index (κ1) is 34.5. The highest BCUT2D eigenvalue weighted by atomic mass is 15.1. The van der Waals surface area contributed by atoms with Crippen LogP contribution in [0.5, 0.6) is 0 Å². The molecule has 0 heterocycles. The number of rotatable bonds is 5. The minimum absolute atomic E-state index is 0.0554. The summed E-state index contributed by atoms with van der Waals surface area (Å²) in [7, 11) is 0. The smallest absolute Gasteiger partial charge is 0.0502 e. The molecule has 6 aliphatic rings. The van der Waals surface area contributed by atoms with E-state index in [2.05, 4.69) is 184 Å². The standard InChI is InChI=1S/C58H53N/c1-55(2)29-30-56(3,4)54-49(55)17-10-18-51(54)59(43-26-21-39(22-27-43)45-15-9-12-38-11-5-6-13-44(38)45)42-24-19-37(20-25-42)40-23-28-47-46-14-7-8-16-48(46)58(50(47)33-40)52-32-36-31-41-34-53(58)57(41,52)35-36/h5-28,33,36,41,52-53H,29-32,34-35H2,1-4H3. The van der Waals surface area contributed by atoms with Gasteiger partial charge in [0.25, 0.3) is 0 Å². The molecule has 0 saturated heterocycles. The molecule has 0 radical (unpaired) electrons. The maximum atomic E-state index is 2.64. The highest BCUT2D eigenvalue weighted by molar-refractivity contribution is 5.97. The average molecular weight is 764 g/mol. The van der Waals surface area contributed by atoms with Gasteiger partial charge in [-0.2, -0.15) is 0 Å². The minimum atomic E-state index is 0.0554. The minimum Gasteiger partial charge on any atom is -0.310 e. The number of benzene rings is 7. The van der Waals surface area contributed by atoms with Crippen molar-refractivity contribution in [3.8, 4) is 33.4 Å². The van der Waals surface area contributed by atoms with Crippen LogP contribution in [0.15, 0.2) is 152 Å². The molecule has 4 saturated carbocycles. The molecule has 59 heavy (non-hydrogen) atoms. The molecule has 0 N–H and O–H groups in total. The maximum Gasteiger partial charge on any atom is 0.0502 e. The van der Waals surface area contributed by atoms with E-state index in [1.807, 2.05) is 0 Å². The van der Waals surface area contributed by atoms with Gasteiger partial charge >= 0.3 is 0 Å². The van der Waals surface area contributed by atoms with Crippen LogP contribution in [0.1, 0.15) is 88.5 Å². The van der Waals surface area contributed by atoms with Gasteiger partial charge in [0, 0.05) is 16.8 Å². The molecule has 7 aromatic carbocycles. The Balaban J connectivity index is 0.923. The van der Waals surface area contributed by atoms with Crippen LogP contribution in [-0.4, -0.2) is 0 Å². The molecule has 6 aliphatic carbocycles. The molecule has 13 rings (SSSR count). The lowest BCUT2D eigenvalue weighted by atomic mass is 9.27. The van der Waals surface area contributed by atoms with Gasteiger partial charge in [-0.15, -0.1) is 0 Å². The van der Waals surface area contributed by atoms with E-state index in [1.165, 1.54) is 111 Å². The van der Waals surface area contributed by atoms with Crippen molar-refractivity contribution in [2.24, 2.45) is 29.1 Å². The number of anilines is 3. The van der Waals surface area contributed by atoms with Crippen LogP contribution < -0.4 is 4.90 Å². The Labute approximate surface area is 350 Å². The first-order valence-corrected chi connectivity index (χ1v) is 22.6. The first-order chi connectivity index (χ1) is 28.7. The van der Waals surface area contributed by atoms with E-state index in [0.29, 0.717) is 5.41 Å². The van der Waals surface area contributed by atoms with Crippen molar-refractivity contribution in [2.45, 2.75) is 82.5 Å². The summed E-state index contributed by atoms with van der Waals surface area (Å²) in [6, 6.07) is 58.4. The number of hydrogen-bond donors (Lipinski definition) is 0. The van der Waals surface area contributed by atoms with Crippen LogP contribution in [0.2, 0.25) is 0 Å². The molecule has 0 aromatic heterocycles. The molecular formula is C58H53N. The Bertz CT molecular complexity index is 2870. The van der Waals surface area contributed by atoms with Crippen molar-refractivity contribution in [2.75, 3.05) is 4.90 Å². The molecule has 0 aliphatic heterocycles. The van der Waals surface area contributed by atoms with Gasteiger partial charge in [-0.1, -0.05) is 143 Å². The molecule has 7 aromatic rings. The summed E-state index contributed by atoms with van der Waals surface area (Å²) >= 11 is 0. The molecule has 6 unspecified atom stereocenters. The zero-order valence-electron chi connectivity index (χ0n) is 34.9. The Morgan fingerprint density at radius 1 is 0.492 bits per heavy atom. The SMILES string of the molecule is CC1(C)CCC(C)(C)c2c(N(c3ccc(-c4ccc5c(c4)C4(c6ccccc6-5)C5CC6CC7CC4C75C6)cc3)c3ccc(-c4cccc5ccccc45)cc3)cccc21. The normalized spacial score (nSPS) is 28.0. The second-order valence-electron chi connectivity index (χ2n) is 20.8. The topological polar surface area (TPSA) is 3.24 Å². The van der Waals surface area contributed by atoms with Gasteiger partial charge in [0.05, 0.1) is 5.69 Å². The quantitative estimate of drug-likeness (QED) is 0.169. The van der Waals surface area contributed by atoms with E-state index in [0.717, 1.165) is 23.7 Å². The van der Waals surface area contributed by atoms with Crippen molar-refractivity contribution >= 4 is 27.8 Å². The fourth-order valence-electron chi connectivity index (χ4n) is 14.9. The molecule has 2 bridgehead atoms. The van der Waals surface area contributed by atoms with Gasteiger partial charge in [0.15, 0.2) is 0 Å². The van der Waals surface area contributed by atoms with Gasteiger partial charge < -0.3 is 4.90 Å². The van der Waals surface area contributed by atoms with Gasteiger partial charge in [-0.3, -0.25) is 0 Å². The Kier molecular flexibility index (Phi) is 6.81. The van der Waals surface area contributed by atoms with Gasteiger partial charge in [0.1, 0.15) is 0 Å². The van der Waals surface area contributed by atoms with E-state index in [1.54, 1.807) is 11.1 Å². The van der Waals surface area contributed by atoms with Crippen molar-refractivity contribution < 1.29 is 0 Å². The summed E-state index contributed by atoms with van der Waals surface area (Å²) in [6.45, 7) is 9.79. The summed E-state index contributed by atoms with van der Waals surface area (Å²) in [6.07, 6.45) is 8.27. The first-order valence-electron chi connectivity index (χ1n) is 22.6. The third kappa shape index (κ3) is 4.37. The molecule has 1 nitrogen and oxygen atoms in total. The fraction of sp³-hybridized carbons (Fsp3) is 0.310. The third-order valence-electron chi connectivity index (χ3n) is 17.4. The number of nitrogens with zero attached hydrogens (tertiary/aromatic N) is 1. The molecule has 1 heteroatoms. The van der Waals surface area contributed by atoms with Crippen LogP contribution in [-0.2, 0) is 16.2 Å². The number of fused-ring (bicyclic) bond motifs is 10. The predicted molar refractivity (Wildman–Crippen MR) is 246 cm³/mol. The molecule has 290 valence electrons. The zero-order chi connectivity index (χ0) is 39.5. The van der Waals surface area contributed by atoms with Gasteiger partial charge in [0.2, 0.25) is 0 Å². The van der Waals surface area contributed by atoms with E-state index >= 15 is 0 Å². The van der Waals surface area contributed by atoms with Crippen LogP contribution in [0.4, 0.5) is 17.1 Å². The maximum absolute atomic E-state index is 2.64. The lowest BCUT2D eigenvalue weighted by molar-refractivity contribution is -0.231. The Hall–Kier alpha value is -5.40. The van der Waals surface area contributed by atoms with Crippen LogP contribution in [0, 0.1) is 29.1 Å². The molecule has 4 fully saturated rings. The highest BCUT2D eigenvalue weighted by Gasteiger charge is 2.84. The summed E-state index contributed by atoms with van der Waals surface area (Å²) in [4.78, 5) is 2.54. The van der Waals surface area contributed by atoms with E-state index in [9.17, 15) is 0 Å². The van der Waals surface area contributed by atoms with E-state index in [4.69, 9.17) is 0 Å². The largest absolute Gasteiger partial charge is 0.310 e. The summed E-state index contributed by atoms with van der Waals surface area (Å²) in [5.41, 5.74) is 19.2. The molecule has 0 amide bonds. The zero-order valence-corrected chi connectivity index (χ0v) is 34.9. The Morgan fingerprint density at radius 3 is 1.93 bits per heavy atom. The number of hydrogen-bond acceptors (Lipinski definition) is 1. The van der Waals surface area contributed by atoms with Crippen molar-refractivity contribution in [1.29, 1.82) is 0 Å². The van der Waals surface area contributed by atoms with Crippen LogP contribution in [0.3, 0.4) is 0 Å². The Morgan fingerprint density at radius 2 is 1.12 bits per heavy atom. The highest BCUT2D eigenvalue weighted by Crippen LogP contribution is 2.89. The van der Waals surface area contributed by atoms with E-state index < -0.39 is 0 Å². The summed E-state index contributed by atoms with van der Waals surface area (Å²) < 4.78 is 0. The van der Waals surface area contributed by atoms with Crippen LogP contribution in [0.25, 0.3) is 44.2 Å². The predicted octanol–water partition coefficient (Wildman–Crippen LogP) is 15.3.